The van der Waals surface area contributed by atoms with E-state index in [1.165, 1.54) is 0 Å². The molecule has 0 radical (unpaired) electrons. The van der Waals surface area contributed by atoms with E-state index in [4.69, 9.17) is 4.74 Å². The average Bonchev–Trinajstić information content (AvgIpc) is 2.99. The van der Waals surface area contributed by atoms with E-state index in [0.29, 0.717) is 18.9 Å². The van der Waals surface area contributed by atoms with E-state index < -0.39 is 6.04 Å². The van der Waals surface area contributed by atoms with E-state index in [1.54, 1.807) is 23.8 Å². The van der Waals surface area contributed by atoms with Gasteiger partial charge in [0, 0.05) is 25.3 Å². The van der Waals surface area contributed by atoms with Crippen LogP contribution in [0.5, 0.6) is 0 Å². The first kappa shape index (κ1) is 17.8. The van der Waals surface area contributed by atoms with Crippen LogP contribution in [0.4, 0.5) is 0 Å². The molecule has 2 rings (SSSR count). The molecule has 1 fully saturated rings. The van der Waals surface area contributed by atoms with Crippen molar-refractivity contribution in [3.05, 3.63) is 35.9 Å². The first-order valence-corrected chi connectivity index (χ1v) is 8.86. The highest BCUT2D eigenvalue weighted by atomic mass is 32.2. The second-order valence-electron chi connectivity index (χ2n) is 5.80. The van der Waals surface area contributed by atoms with Gasteiger partial charge in [0.05, 0.1) is 6.61 Å². The molecule has 2 atom stereocenters. The molecule has 5 nitrogen and oxygen atoms in total. The summed E-state index contributed by atoms with van der Waals surface area (Å²) in [6.07, 6.45) is 0. The zero-order valence-corrected chi connectivity index (χ0v) is 14.6. The van der Waals surface area contributed by atoms with Crippen molar-refractivity contribution >= 4 is 23.6 Å². The monoisotopic (exact) mass is 336 g/mol. The predicted molar refractivity (Wildman–Crippen MR) is 92.0 cm³/mol. The minimum absolute atomic E-state index is 0.00995. The molecule has 0 aliphatic carbocycles. The third-order valence-corrected chi connectivity index (χ3v) is 5.06. The van der Waals surface area contributed by atoms with Crippen molar-refractivity contribution in [3.63, 3.8) is 0 Å². The molecule has 126 valence electrons. The van der Waals surface area contributed by atoms with Crippen LogP contribution in [0.2, 0.25) is 0 Å². The molecule has 0 aromatic heterocycles. The summed E-state index contributed by atoms with van der Waals surface area (Å²) >= 11 is 1.64. The normalized spacial score (nSPS) is 20.8. The van der Waals surface area contributed by atoms with Crippen LogP contribution in [0.1, 0.15) is 24.8 Å². The maximum Gasteiger partial charge on any atom is 0.243 e. The average molecular weight is 336 g/mol. The van der Waals surface area contributed by atoms with Crippen molar-refractivity contribution in [2.75, 3.05) is 26.0 Å². The Hall–Kier alpha value is -1.53. The van der Waals surface area contributed by atoms with Crippen LogP contribution in [0.15, 0.2) is 30.3 Å². The molecule has 1 aliphatic rings. The lowest BCUT2D eigenvalue weighted by atomic mass is 10.1. The van der Waals surface area contributed by atoms with Gasteiger partial charge in [-0.05, 0) is 5.56 Å². The van der Waals surface area contributed by atoms with Gasteiger partial charge >= 0.3 is 0 Å². The van der Waals surface area contributed by atoms with Crippen molar-refractivity contribution < 1.29 is 14.3 Å². The van der Waals surface area contributed by atoms with Crippen LogP contribution in [-0.2, 0) is 14.3 Å². The molecule has 1 aromatic carbocycles. The Balaban J connectivity index is 2.19. The summed E-state index contributed by atoms with van der Waals surface area (Å²) in [5.74, 6) is 0.364. The molecule has 1 aromatic rings. The number of amides is 2. The highest BCUT2D eigenvalue weighted by Crippen LogP contribution is 2.42. The molecule has 6 heteroatoms. The van der Waals surface area contributed by atoms with Crippen molar-refractivity contribution in [2.24, 2.45) is 5.92 Å². The van der Waals surface area contributed by atoms with Gasteiger partial charge in [0.15, 0.2) is 0 Å². The fraction of sp³-hybridized carbons (Fsp3) is 0.529. The van der Waals surface area contributed by atoms with Gasteiger partial charge in [0.2, 0.25) is 11.8 Å². The van der Waals surface area contributed by atoms with E-state index >= 15 is 0 Å². The summed E-state index contributed by atoms with van der Waals surface area (Å²) in [5, 5.41) is 2.74. The second kappa shape index (κ2) is 8.36. The Bertz CT molecular complexity index is 536. The summed E-state index contributed by atoms with van der Waals surface area (Å²) in [5.41, 5.74) is 1.05. The molecular formula is C17H24N2O3S. The standard InChI is InChI=1S/C17H24N2O3S/c1-12(2)16(21)19-14(15(20)18-9-10-22-3)11-23-17(19)13-7-5-4-6-8-13/h4-8,12,14,17H,9-11H2,1-3H3,(H,18,20)/t14-,17-/m1/s1. The van der Waals surface area contributed by atoms with Crippen LogP contribution >= 0.6 is 11.8 Å². The smallest absolute Gasteiger partial charge is 0.243 e. The van der Waals surface area contributed by atoms with Gasteiger partial charge in [-0.2, -0.15) is 0 Å². The summed E-state index contributed by atoms with van der Waals surface area (Å²) in [7, 11) is 1.59. The zero-order chi connectivity index (χ0) is 16.8. The van der Waals surface area contributed by atoms with E-state index in [1.807, 2.05) is 44.2 Å². The minimum atomic E-state index is -0.433. The first-order chi connectivity index (χ1) is 11.1. The third kappa shape index (κ3) is 4.26. The number of methoxy groups -OCH3 is 1. The summed E-state index contributed by atoms with van der Waals surface area (Å²) < 4.78 is 4.96. The molecule has 1 aliphatic heterocycles. The number of carbonyl (C=O) groups excluding carboxylic acids is 2. The lowest BCUT2D eigenvalue weighted by Gasteiger charge is -2.30. The minimum Gasteiger partial charge on any atom is -0.383 e. The summed E-state index contributed by atoms with van der Waals surface area (Å²) in [6.45, 7) is 4.66. The highest BCUT2D eigenvalue weighted by Gasteiger charge is 2.42. The number of carbonyl (C=O) groups is 2. The predicted octanol–water partition coefficient (Wildman–Crippen LogP) is 2.05. The van der Waals surface area contributed by atoms with Crippen LogP contribution in [-0.4, -0.2) is 48.8 Å². The van der Waals surface area contributed by atoms with Crippen molar-refractivity contribution in [2.45, 2.75) is 25.3 Å². The van der Waals surface area contributed by atoms with Crippen LogP contribution < -0.4 is 5.32 Å². The Morgan fingerprint density at radius 1 is 1.35 bits per heavy atom. The molecule has 2 amide bonds. The van der Waals surface area contributed by atoms with E-state index in [0.717, 1.165) is 5.56 Å². The Morgan fingerprint density at radius 2 is 2.04 bits per heavy atom. The molecule has 1 saturated heterocycles. The quantitative estimate of drug-likeness (QED) is 0.808. The number of rotatable bonds is 6. The molecule has 0 spiro atoms. The first-order valence-electron chi connectivity index (χ1n) is 7.81. The maximum absolute atomic E-state index is 12.7. The number of hydrogen-bond acceptors (Lipinski definition) is 4. The number of nitrogens with zero attached hydrogens (tertiary/aromatic N) is 1. The van der Waals surface area contributed by atoms with Gasteiger partial charge in [-0.25, -0.2) is 0 Å². The fourth-order valence-corrected chi connectivity index (χ4v) is 3.98. The van der Waals surface area contributed by atoms with E-state index in [9.17, 15) is 9.59 Å². The lowest BCUT2D eigenvalue weighted by molar-refractivity contribution is -0.142. The van der Waals surface area contributed by atoms with E-state index in [2.05, 4.69) is 5.32 Å². The largest absolute Gasteiger partial charge is 0.383 e. The van der Waals surface area contributed by atoms with Gasteiger partial charge in [0.25, 0.3) is 0 Å². The Kier molecular flexibility index (Phi) is 6.47. The van der Waals surface area contributed by atoms with Gasteiger partial charge in [0.1, 0.15) is 11.4 Å². The number of nitrogens with one attached hydrogen (secondary N) is 1. The Morgan fingerprint density at radius 3 is 2.65 bits per heavy atom. The van der Waals surface area contributed by atoms with Gasteiger partial charge < -0.3 is 15.0 Å². The number of benzene rings is 1. The molecular weight excluding hydrogens is 312 g/mol. The topological polar surface area (TPSA) is 58.6 Å². The molecule has 23 heavy (non-hydrogen) atoms. The van der Waals surface area contributed by atoms with Crippen molar-refractivity contribution in [1.29, 1.82) is 0 Å². The van der Waals surface area contributed by atoms with Gasteiger partial charge in [-0.1, -0.05) is 44.2 Å². The van der Waals surface area contributed by atoms with Crippen molar-refractivity contribution in [3.8, 4) is 0 Å². The van der Waals surface area contributed by atoms with Crippen LogP contribution in [0.25, 0.3) is 0 Å². The zero-order valence-electron chi connectivity index (χ0n) is 13.8. The number of thioether (sulfide) groups is 1. The summed E-state index contributed by atoms with van der Waals surface area (Å²) in [6, 6.07) is 9.44. The maximum atomic E-state index is 12.7. The molecule has 0 saturated carbocycles. The van der Waals surface area contributed by atoms with Gasteiger partial charge in [-0.3, -0.25) is 9.59 Å². The highest BCUT2D eigenvalue weighted by molar-refractivity contribution is 7.99. The van der Waals surface area contributed by atoms with Crippen molar-refractivity contribution in [1.82, 2.24) is 10.2 Å². The molecule has 1 N–H and O–H groups in total. The molecule has 0 unspecified atom stereocenters. The SMILES string of the molecule is COCCNC(=O)[C@H]1CS[C@H](c2ccccc2)N1C(=O)C(C)C. The van der Waals surface area contributed by atoms with Gasteiger partial charge in [-0.15, -0.1) is 11.8 Å². The second-order valence-corrected chi connectivity index (χ2v) is 6.91. The lowest BCUT2D eigenvalue weighted by Crippen LogP contribution is -2.49. The number of ether oxygens (including phenoxy) is 1. The number of hydrogen-bond donors (Lipinski definition) is 1. The molecule has 1 heterocycles. The fourth-order valence-electron chi connectivity index (χ4n) is 2.54. The van der Waals surface area contributed by atoms with Crippen LogP contribution in [0, 0.1) is 5.92 Å². The van der Waals surface area contributed by atoms with E-state index in [-0.39, 0.29) is 23.1 Å². The third-order valence-electron chi connectivity index (χ3n) is 3.74. The Labute approximate surface area is 141 Å². The molecule has 0 bridgehead atoms. The van der Waals surface area contributed by atoms with Crippen LogP contribution in [0.3, 0.4) is 0 Å². The summed E-state index contributed by atoms with van der Waals surface area (Å²) in [4.78, 5) is 26.9.